The molecule has 16 heavy (non-hydrogen) atoms. The molecule has 0 aromatic carbocycles. The van der Waals surface area contributed by atoms with Gasteiger partial charge < -0.3 is 4.74 Å². The number of alkyl halides is 2. The number of pyridine rings is 1. The molecule has 0 fully saturated rings. The fourth-order valence-electron chi connectivity index (χ4n) is 1.08. The van der Waals surface area contributed by atoms with Gasteiger partial charge in [0.25, 0.3) is 6.43 Å². The number of hydrogen-bond donors (Lipinski definition) is 0. The summed E-state index contributed by atoms with van der Waals surface area (Å²) in [5, 5.41) is 0. The van der Waals surface area contributed by atoms with Crippen molar-refractivity contribution >= 4 is 5.97 Å². The van der Waals surface area contributed by atoms with Crippen molar-refractivity contribution in [3.05, 3.63) is 29.1 Å². The Morgan fingerprint density at radius 2 is 2.12 bits per heavy atom. The Bertz CT molecular complexity index is 409. The van der Waals surface area contributed by atoms with Crippen molar-refractivity contribution in [2.45, 2.75) is 12.8 Å². The van der Waals surface area contributed by atoms with Gasteiger partial charge in [-0.3, -0.25) is 4.79 Å². The van der Waals surface area contributed by atoms with Crippen molar-refractivity contribution in [1.82, 2.24) is 4.98 Å². The third-order valence-corrected chi connectivity index (χ3v) is 1.81. The lowest BCUT2D eigenvalue weighted by molar-refractivity contribution is -0.139. The van der Waals surface area contributed by atoms with E-state index in [1.807, 2.05) is 0 Å². The van der Waals surface area contributed by atoms with Crippen LogP contribution in [0.3, 0.4) is 0 Å². The largest absolute Gasteiger partial charge is 0.469 e. The van der Waals surface area contributed by atoms with Gasteiger partial charge >= 0.3 is 5.97 Å². The molecular weight excluding hydrogens is 230 g/mol. The van der Waals surface area contributed by atoms with Gasteiger partial charge in [0, 0.05) is 0 Å². The first-order valence-electron chi connectivity index (χ1n) is 4.15. The fraction of sp³-hybridized carbons (Fsp3) is 0.333. The lowest BCUT2D eigenvalue weighted by atomic mass is 10.1. The predicted octanol–water partition coefficient (Wildman–Crippen LogP) is 2.01. The molecule has 0 N–H and O–H groups in total. The van der Waals surface area contributed by atoms with Gasteiger partial charge in [-0.05, 0) is 11.6 Å². The van der Waals surface area contributed by atoms with Gasteiger partial charge in [0.05, 0.1) is 13.5 Å². The maximum Gasteiger partial charge on any atom is 0.310 e. The summed E-state index contributed by atoms with van der Waals surface area (Å²) in [4.78, 5) is 13.6. The van der Waals surface area contributed by atoms with Crippen LogP contribution in [0.25, 0.3) is 0 Å². The molecule has 7 heteroatoms. The number of methoxy groups -OCH3 is 1. The zero-order valence-corrected chi connectivity index (χ0v) is 8.14. The molecule has 1 heterocycles. The van der Waals surface area contributed by atoms with Crippen molar-refractivity contribution in [1.29, 1.82) is 0 Å². The van der Waals surface area contributed by atoms with E-state index < -0.39 is 36.3 Å². The van der Waals surface area contributed by atoms with E-state index in [0.717, 1.165) is 7.11 Å². The summed E-state index contributed by atoms with van der Waals surface area (Å²) in [5.41, 5.74) is -1.34. The highest BCUT2D eigenvalue weighted by molar-refractivity contribution is 5.72. The molecule has 0 radical (unpaired) electrons. The topological polar surface area (TPSA) is 39.2 Å². The van der Waals surface area contributed by atoms with E-state index in [1.54, 1.807) is 0 Å². The Hall–Kier alpha value is -1.66. The van der Waals surface area contributed by atoms with E-state index in [9.17, 15) is 22.4 Å². The smallest absolute Gasteiger partial charge is 0.310 e. The lowest BCUT2D eigenvalue weighted by Crippen LogP contribution is -2.10. The molecule has 0 spiro atoms. The highest BCUT2D eigenvalue weighted by Gasteiger charge is 2.20. The molecule has 0 aliphatic heterocycles. The van der Waals surface area contributed by atoms with E-state index >= 15 is 0 Å². The lowest BCUT2D eigenvalue weighted by Gasteiger charge is -2.07. The zero-order valence-electron chi connectivity index (χ0n) is 8.14. The summed E-state index contributed by atoms with van der Waals surface area (Å²) < 4.78 is 54.4. The quantitative estimate of drug-likeness (QED) is 0.458. The van der Waals surface area contributed by atoms with Crippen molar-refractivity contribution in [2.75, 3.05) is 7.11 Å². The predicted molar refractivity (Wildman–Crippen MR) is 44.8 cm³/mol. The van der Waals surface area contributed by atoms with Gasteiger partial charge in [-0.2, -0.15) is 4.39 Å². The summed E-state index contributed by atoms with van der Waals surface area (Å²) in [6, 6.07) is 0.515. The van der Waals surface area contributed by atoms with Crippen molar-refractivity contribution in [3.8, 4) is 0 Å². The summed E-state index contributed by atoms with van der Waals surface area (Å²) in [6.07, 6.45) is -3.67. The minimum atomic E-state index is -3.09. The summed E-state index contributed by atoms with van der Waals surface area (Å²) >= 11 is 0. The van der Waals surface area contributed by atoms with Crippen LogP contribution in [0, 0.1) is 11.8 Å². The first-order chi connectivity index (χ1) is 7.45. The molecule has 88 valence electrons. The maximum atomic E-state index is 12.7. The molecule has 1 aromatic rings. The first kappa shape index (κ1) is 12.4. The van der Waals surface area contributed by atoms with E-state index in [4.69, 9.17) is 0 Å². The Balaban J connectivity index is 3.14. The molecule has 0 aliphatic carbocycles. The van der Waals surface area contributed by atoms with Crippen LogP contribution in [-0.2, 0) is 16.0 Å². The Labute approximate surface area is 88.0 Å². The molecule has 3 nitrogen and oxygen atoms in total. The first-order valence-corrected chi connectivity index (χ1v) is 4.15. The number of carbonyl (C=O) groups is 1. The third kappa shape index (κ3) is 2.68. The number of rotatable bonds is 3. The molecule has 0 bridgehead atoms. The maximum absolute atomic E-state index is 12.7. The molecule has 0 unspecified atom stereocenters. The van der Waals surface area contributed by atoms with E-state index in [0.29, 0.717) is 6.07 Å². The Kier molecular flexibility index (Phi) is 3.81. The Morgan fingerprint density at radius 1 is 1.50 bits per heavy atom. The van der Waals surface area contributed by atoms with E-state index in [-0.39, 0.29) is 5.56 Å². The van der Waals surface area contributed by atoms with Crippen LogP contribution < -0.4 is 0 Å². The zero-order chi connectivity index (χ0) is 12.3. The van der Waals surface area contributed by atoms with Crippen LogP contribution in [0.1, 0.15) is 17.7 Å². The molecular formula is C9H7F4NO2. The average molecular weight is 237 g/mol. The number of aromatic nitrogens is 1. The second-order valence-electron chi connectivity index (χ2n) is 2.86. The standard InChI is InChI=1S/C9H7F4NO2/c1-16-6(15)3-4-2-5(10)9(13)14-7(4)8(11)12/h2,8H,3H2,1H3. The van der Waals surface area contributed by atoms with Gasteiger partial charge in [0.15, 0.2) is 5.82 Å². The summed E-state index contributed by atoms with van der Waals surface area (Å²) in [5.74, 6) is -3.85. The van der Waals surface area contributed by atoms with Crippen molar-refractivity contribution in [2.24, 2.45) is 0 Å². The van der Waals surface area contributed by atoms with Crippen molar-refractivity contribution < 1.29 is 27.1 Å². The number of hydrogen-bond acceptors (Lipinski definition) is 3. The molecule has 0 saturated heterocycles. The number of carbonyl (C=O) groups excluding carboxylic acids is 1. The monoisotopic (exact) mass is 237 g/mol. The fourth-order valence-corrected chi connectivity index (χ4v) is 1.08. The van der Waals surface area contributed by atoms with Gasteiger partial charge in [-0.15, -0.1) is 0 Å². The molecule has 1 aromatic heterocycles. The molecule has 0 amide bonds. The summed E-state index contributed by atoms with van der Waals surface area (Å²) in [7, 11) is 1.05. The highest BCUT2D eigenvalue weighted by atomic mass is 19.3. The van der Waals surface area contributed by atoms with Crippen LogP contribution in [0.5, 0.6) is 0 Å². The SMILES string of the molecule is COC(=O)Cc1cc(F)c(F)nc1C(F)F. The number of esters is 1. The normalized spacial score (nSPS) is 10.6. The molecule has 0 saturated carbocycles. The van der Waals surface area contributed by atoms with E-state index in [1.165, 1.54) is 0 Å². The molecule has 0 aliphatic rings. The molecule has 1 rings (SSSR count). The minimum absolute atomic E-state index is 0.388. The number of halogens is 4. The second kappa shape index (κ2) is 4.91. The highest BCUT2D eigenvalue weighted by Crippen LogP contribution is 2.23. The van der Waals surface area contributed by atoms with Crippen LogP contribution >= 0.6 is 0 Å². The Morgan fingerprint density at radius 3 is 2.62 bits per heavy atom. The molecule has 0 atom stereocenters. The van der Waals surface area contributed by atoms with Gasteiger partial charge in [-0.25, -0.2) is 18.2 Å². The minimum Gasteiger partial charge on any atom is -0.469 e. The van der Waals surface area contributed by atoms with Crippen LogP contribution in [0.15, 0.2) is 6.07 Å². The second-order valence-corrected chi connectivity index (χ2v) is 2.86. The van der Waals surface area contributed by atoms with Gasteiger partial charge in [0.2, 0.25) is 5.95 Å². The van der Waals surface area contributed by atoms with Gasteiger partial charge in [0.1, 0.15) is 5.69 Å². The number of ether oxygens (including phenoxy) is 1. The summed E-state index contributed by atoms with van der Waals surface area (Å²) in [6.45, 7) is 0. The average Bonchev–Trinajstić information content (AvgIpc) is 2.22. The van der Waals surface area contributed by atoms with Crippen LogP contribution in [-0.4, -0.2) is 18.1 Å². The van der Waals surface area contributed by atoms with Crippen LogP contribution in [0.4, 0.5) is 17.6 Å². The van der Waals surface area contributed by atoms with Gasteiger partial charge in [-0.1, -0.05) is 0 Å². The number of nitrogens with zero attached hydrogens (tertiary/aromatic N) is 1. The van der Waals surface area contributed by atoms with Crippen molar-refractivity contribution in [3.63, 3.8) is 0 Å². The van der Waals surface area contributed by atoms with Crippen LogP contribution in [0.2, 0.25) is 0 Å². The van der Waals surface area contributed by atoms with E-state index in [2.05, 4.69) is 9.72 Å². The third-order valence-electron chi connectivity index (χ3n) is 1.81.